The molecular formula is C31H27N3O5. The molecule has 8 nitrogen and oxygen atoms in total. The molecule has 0 bridgehead atoms. The standard InChI is InChI=1S/C31H27N3O5/c1-36-27-14-10-21(16-29(27)38-3)25-18-23(12-13-26(35)22-11-15-28(37-2)30(17-22)39-4)32-31-19-24(33-34(25)31)20-8-6-5-7-9-20/h5-19H,1-4H3/b13-12+. The lowest BCUT2D eigenvalue weighted by Gasteiger charge is -2.11. The molecule has 3 aromatic carbocycles. The van der Waals surface area contributed by atoms with Crippen LogP contribution in [0.4, 0.5) is 0 Å². The SMILES string of the molecule is COc1ccc(C(=O)/C=C/c2cc(-c3ccc(OC)c(OC)c3)n3nc(-c4ccccc4)cc3n2)cc1OC. The molecule has 0 saturated heterocycles. The summed E-state index contributed by atoms with van der Waals surface area (Å²) in [6.07, 6.45) is 3.19. The molecule has 0 aliphatic rings. The van der Waals surface area contributed by atoms with Crippen molar-refractivity contribution in [1.29, 1.82) is 0 Å². The second-order valence-corrected chi connectivity index (χ2v) is 8.57. The predicted molar refractivity (Wildman–Crippen MR) is 150 cm³/mol. The van der Waals surface area contributed by atoms with Crippen molar-refractivity contribution < 1.29 is 23.7 Å². The van der Waals surface area contributed by atoms with Gasteiger partial charge in [0.05, 0.1) is 45.5 Å². The number of aromatic nitrogens is 3. The highest BCUT2D eigenvalue weighted by molar-refractivity contribution is 6.07. The lowest BCUT2D eigenvalue weighted by Crippen LogP contribution is -2.00. The molecule has 39 heavy (non-hydrogen) atoms. The van der Waals surface area contributed by atoms with Gasteiger partial charge in [0.15, 0.2) is 34.4 Å². The van der Waals surface area contributed by atoms with Gasteiger partial charge in [0, 0.05) is 22.8 Å². The molecule has 0 aliphatic heterocycles. The van der Waals surface area contributed by atoms with Crippen molar-refractivity contribution in [2.45, 2.75) is 0 Å². The Hall–Kier alpha value is -5.11. The number of hydrogen-bond donors (Lipinski definition) is 0. The van der Waals surface area contributed by atoms with E-state index in [1.165, 1.54) is 13.2 Å². The molecule has 196 valence electrons. The third-order valence-corrected chi connectivity index (χ3v) is 6.27. The highest BCUT2D eigenvalue weighted by atomic mass is 16.5. The number of ketones is 1. The first-order valence-corrected chi connectivity index (χ1v) is 12.2. The average Bonchev–Trinajstić information content (AvgIpc) is 3.43. The maximum Gasteiger partial charge on any atom is 0.186 e. The molecule has 0 fully saturated rings. The topological polar surface area (TPSA) is 84.2 Å². The van der Waals surface area contributed by atoms with Gasteiger partial charge in [-0.25, -0.2) is 9.50 Å². The van der Waals surface area contributed by atoms with E-state index in [2.05, 4.69) is 0 Å². The molecule has 0 aliphatic carbocycles. The summed E-state index contributed by atoms with van der Waals surface area (Å²) >= 11 is 0. The Kier molecular flexibility index (Phi) is 7.27. The van der Waals surface area contributed by atoms with E-state index in [4.69, 9.17) is 29.0 Å². The van der Waals surface area contributed by atoms with E-state index in [1.54, 1.807) is 50.1 Å². The zero-order valence-corrected chi connectivity index (χ0v) is 22.0. The van der Waals surface area contributed by atoms with Gasteiger partial charge in [-0.1, -0.05) is 30.3 Å². The van der Waals surface area contributed by atoms with Crippen molar-refractivity contribution in [1.82, 2.24) is 14.6 Å². The van der Waals surface area contributed by atoms with Crippen LogP contribution >= 0.6 is 0 Å². The summed E-state index contributed by atoms with van der Waals surface area (Å²) in [5, 5.41) is 4.84. The van der Waals surface area contributed by atoms with E-state index < -0.39 is 0 Å². The number of hydrogen-bond acceptors (Lipinski definition) is 7. The van der Waals surface area contributed by atoms with Gasteiger partial charge in [0.2, 0.25) is 0 Å². The maximum absolute atomic E-state index is 13.0. The molecule has 5 rings (SSSR count). The van der Waals surface area contributed by atoms with Gasteiger partial charge >= 0.3 is 0 Å². The second-order valence-electron chi connectivity index (χ2n) is 8.57. The third kappa shape index (κ3) is 5.17. The summed E-state index contributed by atoms with van der Waals surface area (Å²) in [5.41, 5.74) is 5.10. The van der Waals surface area contributed by atoms with Crippen molar-refractivity contribution in [2.75, 3.05) is 28.4 Å². The Bertz CT molecular complexity index is 1680. The minimum absolute atomic E-state index is 0.191. The van der Waals surface area contributed by atoms with E-state index in [9.17, 15) is 4.79 Å². The van der Waals surface area contributed by atoms with E-state index in [-0.39, 0.29) is 5.78 Å². The van der Waals surface area contributed by atoms with Gasteiger partial charge in [-0.15, -0.1) is 0 Å². The summed E-state index contributed by atoms with van der Waals surface area (Å²) in [4.78, 5) is 17.8. The molecule has 0 radical (unpaired) electrons. The Morgan fingerprint density at radius 1 is 0.718 bits per heavy atom. The summed E-state index contributed by atoms with van der Waals surface area (Å²) in [6.45, 7) is 0. The quantitative estimate of drug-likeness (QED) is 0.174. The molecule has 0 saturated carbocycles. The first-order valence-electron chi connectivity index (χ1n) is 12.2. The second kappa shape index (κ2) is 11.1. The van der Waals surface area contributed by atoms with Crippen molar-refractivity contribution in [3.05, 3.63) is 96.2 Å². The smallest absolute Gasteiger partial charge is 0.186 e. The lowest BCUT2D eigenvalue weighted by atomic mass is 10.1. The Morgan fingerprint density at radius 2 is 1.38 bits per heavy atom. The van der Waals surface area contributed by atoms with Crippen molar-refractivity contribution >= 4 is 17.5 Å². The first kappa shape index (κ1) is 25.5. The third-order valence-electron chi connectivity index (χ3n) is 6.27. The molecule has 5 aromatic rings. The van der Waals surface area contributed by atoms with E-state index in [0.717, 1.165) is 22.5 Å². The summed E-state index contributed by atoms with van der Waals surface area (Å²) < 4.78 is 23.3. The summed E-state index contributed by atoms with van der Waals surface area (Å²) in [5.74, 6) is 2.07. The number of fused-ring (bicyclic) bond motifs is 1. The van der Waals surface area contributed by atoms with Crippen molar-refractivity contribution in [2.24, 2.45) is 0 Å². The Balaban J connectivity index is 1.59. The van der Waals surface area contributed by atoms with Crippen LogP contribution in [-0.2, 0) is 0 Å². The summed E-state index contributed by atoms with van der Waals surface area (Å²) in [6, 6.07) is 24.4. The normalized spacial score (nSPS) is 11.1. The number of nitrogens with zero attached hydrogens (tertiary/aromatic N) is 3. The first-order chi connectivity index (χ1) is 19.0. The van der Waals surface area contributed by atoms with Crippen LogP contribution in [-0.4, -0.2) is 48.8 Å². The van der Waals surface area contributed by atoms with Gasteiger partial charge in [-0.05, 0) is 54.6 Å². The molecule has 0 atom stereocenters. The molecule has 8 heteroatoms. The molecule has 0 amide bonds. The number of ether oxygens (including phenoxy) is 4. The van der Waals surface area contributed by atoms with E-state index in [1.807, 2.05) is 60.7 Å². The predicted octanol–water partition coefficient (Wildman–Crippen LogP) is 5.99. The van der Waals surface area contributed by atoms with Crippen LogP contribution in [0.3, 0.4) is 0 Å². The van der Waals surface area contributed by atoms with Crippen molar-refractivity contribution in [3.8, 4) is 45.5 Å². The molecule has 2 heterocycles. The Labute approximate surface area is 226 Å². The van der Waals surface area contributed by atoms with E-state index in [0.29, 0.717) is 39.9 Å². The number of allylic oxidation sites excluding steroid dienone is 1. The van der Waals surface area contributed by atoms with Gasteiger partial charge in [-0.3, -0.25) is 4.79 Å². The highest BCUT2D eigenvalue weighted by Gasteiger charge is 2.15. The summed E-state index contributed by atoms with van der Waals surface area (Å²) in [7, 11) is 6.28. The van der Waals surface area contributed by atoms with Gasteiger partial charge < -0.3 is 18.9 Å². The average molecular weight is 522 g/mol. The zero-order valence-electron chi connectivity index (χ0n) is 22.0. The van der Waals surface area contributed by atoms with Crippen LogP contribution in [0.2, 0.25) is 0 Å². The zero-order chi connectivity index (χ0) is 27.4. The van der Waals surface area contributed by atoms with E-state index >= 15 is 0 Å². The monoisotopic (exact) mass is 521 g/mol. The van der Waals surface area contributed by atoms with Crippen LogP contribution in [0.15, 0.2) is 84.9 Å². The lowest BCUT2D eigenvalue weighted by molar-refractivity contribution is 0.104. The van der Waals surface area contributed by atoms with Gasteiger partial charge in [-0.2, -0.15) is 5.10 Å². The fourth-order valence-corrected chi connectivity index (χ4v) is 4.28. The number of rotatable bonds is 9. The fraction of sp³-hybridized carbons (Fsp3) is 0.129. The molecule has 0 unspecified atom stereocenters. The number of methoxy groups -OCH3 is 4. The van der Waals surface area contributed by atoms with Crippen LogP contribution in [0, 0.1) is 0 Å². The van der Waals surface area contributed by atoms with Crippen LogP contribution < -0.4 is 18.9 Å². The number of benzene rings is 3. The van der Waals surface area contributed by atoms with Crippen molar-refractivity contribution in [3.63, 3.8) is 0 Å². The minimum atomic E-state index is -0.191. The van der Waals surface area contributed by atoms with Gasteiger partial charge in [0.25, 0.3) is 0 Å². The molecule has 0 spiro atoms. The molecule has 0 N–H and O–H groups in total. The Morgan fingerprint density at radius 3 is 2.08 bits per heavy atom. The highest BCUT2D eigenvalue weighted by Crippen LogP contribution is 2.33. The van der Waals surface area contributed by atoms with Crippen LogP contribution in [0.1, 0.15) is 16.1 Å². The van der Waals surface area contributed by atoms with Crippen LogP contribution in [0.25, 0.3) is 34.2 Å². The number of carbonyl (C=O) groups excluding carboxylic acids is 1. The molecule has 2 aromatic heterocycles. The fourth-order valence-electron chi connectivity index (χ4n) is 4.28. The minimum Gasteiger partial charge on any atom is -0.493 e. The van der Waals surface area contributed by atoms with Gasteiger partial charge in [0.1, 0.15) is 0 Å². The number of carbonyl (C=O) groups is 1. The largest absolute Gasteiger partial charge is 0.493 e. The van der Waals surface area contributed by atoms with Crippen LogP contribution in [0.5, 0.6) is 23.0 Å². The maximum atomic E-state index is 13.0. The molecular weight excluding hydrogens is 494 g/mol.